The van der Waals surface area contributed by atoms with E-state index in [-0.39, 0.29) is 24.4 Å². The lowest BCUT2D eigenvalue weighted by atomic mass is 9.85. The average Bonchev–Trinajstić information content (AvgIpc) is 3.05. The Labute approximate surface area is 274 Å². The molecule has 7 heteroatoms. The smallest absolute Gasteiger partial charge is 0.307 e. The minimum Gasteiger partial charge on any atom is -0.481 e. The summed E-state index contributed by atoms with van der Waals surface area (Å²) in [5, 5.41) is 24.2. The SMILES string of the molecule is CC(C(CCCc1ccc2ccccc2c1)c1ccc(Cl)cc1)N(Cc1ccc2ccccc2c1)C(=O)CC(CC(=O)O)C(=O)O. The summed E-state index contributed by atoms with van der Waals surface area (Å²) >= 11 is 6.26. The van der Waals surface area contributed by atoms with Gasteiger partial charge >= 0.3 is 11.9 Å². The highest BCUT2D eigenvalue weighted by Crippen LogP contribution is 2.32. The Morgan fingerprint density at radius 1 is 0.717 bits per heavy atom. The first-order valence-electron chi connectivity index (χ1n) is 15.6. The predicted octanol–water partition coefficient (Wildman–Crippen LogP) is 8.74. The van der Waals surface area contributed by atoms with Crippen LogP contribution in [0.15, 0.2) is 109 Å². The number of carbonyl (C=O) groups excluding carboxylic acids is 1. The van der Waals surface area contributed by atoms with E-state index in [2.05, 4.69) is 30.3 Å². The van der Waals surface area contributed by atoms with Crippen molar-refractivity contribution in [2.75, 3.05) is 0 Å². The molecule has 6 nitrogen and oxygen atoms in total. The summed E-state index contributed by atoms with van der Waals surface area (Å²) in [6, 6.07) is 36.2. The van der Waals surface area contributed by atoms with Crippen molar-refractivity contribution in [3.05, 3.63) is 131 Å². The first-order valence-corrected chi connectivity index (χ1v) is 16.0. The van der Waals surface area contributed by atoms with Crippen LogP contribution in [-0.2, 0) is 27.3 Å². The van der Waals surface area contributed by atoms with Crippen LogP contribution in [-0.4, -0.2) is 39.0 Å². The second-order valence-corrected chi connectivity index (χ2v) is 12.4. The molecule has 3 atom stereocenters. The van der Waals surface area contributed by atoms with E-state index < -0.39 is 30.7 Å². The van der Waals surface area contributed by atoms with Gasteiger partial charge in [0.1, 0.15) is 0 Å². The highest BCUT2D eigenvalue weighted by Gasteiger charge is 2.32. The van der Waals surface area contributed by atoms with Crippen molar-refractivity contribution in [2.45, 2.75) is 57.5 Å². The number of carboxylic acids is 2. The number of hydrogen-bond acceptors (Lipinski definition) is 3. The van der Waals surface area contributed by atoms with Crippen LogP contribution in [0.1, 0.15) is 55.2 Å². The molecule has 0 saturated carbocycles. The first-order chi connectivity index (χ1) is 22.2. The molecule has 5 aromatic carbocycles. The summed E-state index contributed by atoms with van der Waals surface area (Å²) in [5.74, 6) is -4.33. The molecule has 0 aliphatic heterocycles. The molecule has 0 bridgehead atoms. The first kappa shape index (κ1) is 32.7. The number of hydrogen-bond donors (Lipinski definition) is 2. The van der Waals surface area contributed by atoms with Gasteiger partial charge in [-0.3, -0.25) is 14.4 Å². The summed E-state index contributed by atoms with van der Waals surface area (Å²) in [5.41, 5.74) is 3.19. The van der Waals surface area contributed by atoms with E-state index in [0.717, 1.165) is 41.2 Å². The van der Waals surface area contributed by atoms with Gasteiger partial charge in [0.05, 0.1) is 12.3 Å². The van der Waals surface area contributed by atoms with Crippen LogP contribution in [0, 0.1) is 5.92 Å². The van der Waals surface area contributed by atoms with Crippen LogP contribution in [0.5, 0.6) is 0 Å². The Morgan fingerprint density at radius 3 is 1.87 bits per heavy atom. The fourth-order valence-electron chi connectivity index (χ4n) is 6.31. The van der Waals surface area contributed by atoms with Gasteiger partial charge < -0.3 is 15.1 Å². The minimum absolute atomic E-state index is 0.0788. The van der Waals surface area contributed by atoms with E-state index in [4.69, 9.17) is 11.6 Å². The van der Waals surface area contributed by atoms with E-state index in [9.17, 15) is 24.6 Å². The molecule has 0 saturated heterocycles. The average molecular weight is 636 g/mol. The van der Waals surface area contributed by atoms with Crippen LogP contribution in [0.2, 0.25) is 5.02 Å². The zero-order chi connectivity index (χ0) is 32.6. The van der Waals surface area contributed by atoms with E-state index in [1.165, 1.54) is 16.3 Å². The summed E-state index contributed by atoms with van der Waals surface area (Å²) in [7, 11) is 0. The van der Waals surface area contributed by atoms with Gasteiger partial charge in [0.15, 0.2) is 0 Å². The highest BCUT2D eigenvalue weighted by atomic mass is 35.5. The largest absolute Gasteiger partial charge is 0.481 e. The predicted molar refractivity (Wildman–Crippen MR) is 183 cm³/mol. The topological polar surface area (TPSA) is 94.9 Å². The van der Waals surface area contributed by atoms with E-state index in [1.807, 2.05) is 85.8 Å². The van der Waals surface area contributed by atoms with Gasteiger partial charge in [-0.05, 0) is 82.6 Å². The van der Waals surface area contributed by atoms with Gasteiger partial charge in [0.2, 0.25) is 5.91 Å². The lowest BCUT2D eigenvalue weighted by Crippen LogP contribution is -2.43. The molecule has 5 aromatic rings. The lowest BCUT2D eigenvalue weighted by molar-refractivity contribution is -0.151. The van der Waals surface area contributed by atoms with Crippen molar-refractivity contribution >= 4 is 51.0 Å². The highest BCUT2D eigenvalue weighted by molar-refractivity contribution is 6.30. The van der Waals surface area contributed by atoms with Crippen LogP contribution >= 0.6 is 11.6 Å². The minimum atomic E-state index is -1.32. The Balaban J connectivity index is 1.44. The maximum absolute atomic E-state index is 14.0. The van der Waals surface area contributed by atoms with Crippen molar-refractivity contribution in [2.24, 2.45) is 5.92 Å². The third-order valence-electron chi connectivity index (χ3n) is 8.84. The second-order valence-electron chi connectivity index (χ2n) is 12.0. The third-order valence-corrected chi connectivity index (χ3v) is 9.10. The Hall–Kier alpha value is -4.68. The molecule has 0 spiro atoms. The Morgan fingerprint density at radius 2 is 1.28 bits per heavy atom. The molecule has 0 aliphatic rings. The number of benzene rings is 5. The number of rotatable bonds is 14. The molecule has 5 rings (SSSR count). The van der Waals surface area contributed by atoms with Crippen LogP contribution in [0.3, 0.4) is 0 Å². The fourth-order valence-corrected chi connectivity index (χ4v) is 6.44. The molecule has 1 amide bonds. The lowest BCUT2D eigenvalue weighted by Gasteiger charge is -2.36. The number of nitrogens with zero attached hydrogens (tertiary/aromatic N) is 1. The van der Waals surface area contributed by atoms with Gasteiger partial charge in [-0.15, -0.1) is 0 Å². The summed E-state index contributed by atoms with van der Waals surface area (Å²) < 4.78 is 0. The van der Waals surface area contributed by atoms with Gasteiger partial charge in [0, 0.05) is 29.9 Å². The van der Waals surface area contributed by atoms with Gasteiger partial charge in [0.25, 0.3) is 0 Å². The van der Waals surface area contributed by atoms with Crippen molar-refractivity contribution in [3.8, 4) is 0 Å². The second kappa shape index (κ2) is 15.1. The number of halogens is 1. The molecule has 0 fully saturated rings. The molecule has 46 heavy (non-hydrogen) atoms. The van der Waals surface area contributed by atoms with Crippen molar-refractivity contribution in [1.29, 1.82) is 0 Å². The maximum Gasteiger partial charge on any atom is 0.307 e. The quantitative estimate of drug-likeness (QED) is 0.127. The van der Waals surface area contributed by atoms with Gasteiger partial charge in [-0.25, -0.2) is 0 Å². The molecule has 0 aromatic heterocycles. The summed E-state index contributed by atoms with van der Waals surface area (Å²) in [6.45, 7) is 2.26. The van der Waals surface area contributed by atoms with Gasteiger partial charge in [-0.2, -0.15) is 0 Å². The monoisotopic (exact) mass is 635 g/mol. The molecule has 0 heterocycles. The third kappa shape index (κ3) is 8.32. The van der Waals surface area contributed by atoms with Crippen LogP contribution in [0.25, 0.3) is 21.5 Å². The normalized spacial score (nSPS) is 13.3. The maximum atomic E-state index is 14.0. The number of aliphatic carboxylic acids is 2. The van der Waals surface area contributed by atoms with Crippen molar-refractivity contribution in [3.63, 3.8) is 0 Å². The molecule has 3 unspecified atom stereocenters. The van der Waals surface area contributed by atoms with Crippen molar-refractivity contribution < 1.29 is 24.6 Å². The number of carboxylic acid groups (broad SMARTS) is 2. The number of carbonyl (C=O) groups is 3. The van der Waals surface area contributed by atoms with E-state index in [0.29, 0.717) is 5.02 Å². The van der Waals surface area contributed by atoms with E-state index in [1.54, 1.807) is 4.90 Å². The Kier molecular flexibility index (Phi) is 10.7. The summed E-state index contributed by atoms with van der Waals surface area (Å²) in [6.07, 6.45) is 1.48. The van der Waals surface area contributed by atoms with Gasteiger partial charge in [-0.1, -0.05) is 103 Å². The standard InChI is InChI=1S/C39H38ClNO5/c1-26(36(31-17-19-35(40)20-18-31)12-6-7-27-13-15-29-8-2-4-10-32(29)21-27)41(37(42)23-34(39(45)46)24-38(43)44)25-28-14-16-30-9-3-5-11-33(30)22-28/h2-5,8-11,13-22,26,34,36H,6-7,12,23-25H2,1H3,(H,43,44)(H,45,46). The summed E-state index contributed by atoms with van der Waals surface area (Å²) in [4.78, 5) is 39.2. The van der Waals surface area contributed by atoms with Crippen LogP contribution < -0.4 is 0 Å². The van der Waals surface area contributed by atoms with E-state index >= 15 is 0 Å². The molecular formula is C39H38ClNO5. The molecule has 0 aliphatic carbocycles. The number of aryl methyl sites for hydroxylation is 1. The Bertz CT molecular complexity index is 1840. The molecule has 2 N–H and O–H groups in total. The fraction of sp³-hybridized carbons (Fsp3) is 0.256. The van der Waals surface area contributed by atoms with Crippen molar-refractivity contribution in [1.82, 2.24) is 4.90 Å². The zero-order valence-corrected chi connectivity index (χ0v) is 26.6. The van der Waals surface area contributed by atoms with Crippen LogP contribution in [0.4, 0.5) is 0 Å². The molecular weight excluding hydrogens is 598 g/mol. The number of amides is 1. The molecule has 0 radical (unpaired) electrons. The molecule has 236 valence electrons. The zero-order valence-electron chi connectivity index (χ0n) is 25.8. The number of fused-ring (bicyclic) bond motifs is 2.